The lowest BCUT2D eigenvalue weighted by Gasteiger charge is -2.25. The van der Waals surface area contributed by atoms with Gasteiger partial charge in [-0.3, -0.25) is 0 Å². The summed E-state index contributed by atoms with van der Waals surface area (Å²) >= 11 is 0. The van der Waals surface area contributed by atoms with Crippen LogP contribution in [0.1, 0.15) is 25.0 Å². The van der Waals surface area contributed by atoms with Gasteiger partial charge < -0.3 is 0 Å². The Labute approximate surface area is 345 Å². The monoisotopic (exact) mass is 752 g/mol. The molecule has 0 saturated carbocycles. The maximum atomic E-state index is 5.33. The van der Waals surface area contributed by atoms with Crippen molar-refractivity contribution in [2.75, 3.05) is 0 Å². The summed E-state index contributed by atoms with van der Waals surface area (Å²) < 4.78 is 0. The van der Waals surface area contributed by atoms with E-state index in [0.717, 1.165) is 44.6 Å². The number of nitrogens with zero attached hydrogens (tertiary/aromatic N) is 2. The first kappa shape index (κ1) is 34.8. The zero-order valence-electron chi connectivity index (χ0n) is 33.0. The zero-order chi connectivity index (χ0) is 39.5. The van der Waals surface area contributed by atoms with Gasteiger partial charge >= 0.3 is 0 Å². The van der Waals surface area contributed by atoms with Crippen LogP contribution in [0.25, 0.3) is 100.0 Å². The quantitative estimate of drug-likeness (QED) is 0.169. The number of aromatic nitrogens is 2. The highest BCUT2D eigenvalue weighted by Crippen LogP contribution is 2.55. The fraction of sp³-hybridized carbons (Fsp3) is 0.0526. The van der Waals surface area contributed by atoms with Crippen molar-refractivity contribution in [3.05, 3.63) is 217 Å². The smallest absolute Gasteiger partial charge is 0.160 e. The summed E-state index contributed by atoms with van der Waals surface area (Å²) in [5, 5.41) is 4.96. The summed E-state index contributed by atoms with van der Waals surface area (Å²) in [6, 6.07) is 74.2. The highest BCUT2D eigenvalue weighted by Gasteiger charge is 2.38. The van der Waals surface area contributed by atoms with Crippen LogP contribution in [0.5, 0.6) is 0 Å². The number of fused-ring (bicyclic) bond motifs is 6. The molecule has 59 heavy (non-hydrogen) atoms. The molecule has 0 radical (unpaired) electrons. The second-order valence-electron chi connectivity index (χ2n) is 16.1. The largest absolute Gasteiger partial charge is 0.228 e. The molecule has 0 atom stereocenters. The molecule has 1 aromatic heterocycles. The third-order valence-corrected chi connectivity index (χ3v) is 12.3. The molecule has 0 fully saturated rings. The topological polar surface area (TPSA) is 25.8 Å². The number of benzene rings is 9. The van der Waals surface area contributed by atoms with Gasteiger partial charge in [0.2, 0.25) is 0 Å². The van der Waals surface area contributed by atoms with E-state index in [0.29, 0.717) is 5.82 Å². The fourth-order valence-electron chi connectivity index (χ4n) is 9.50. The van der Waals surface area contributed by atoms with E-state index in [9.17, 15) is 0 Å². The molecule has 2 nitrogen and oxygen atoms in total. The van der Waals surface area contributed by atoms with Crippen LogP contribution < -0.4 is 0 Å². The second kappa shape index (κ2) is 13.9. The molecule has 10 aromatic rings. The van der Waals surface area contributed by atoms with E-state index in [1.165, 1.54) is 60.7 Å². The molecule has 0 unspecified atom stereocenters. The molecule has 9 aromatic carbocycles. The number of rotatable bonds is 6. The maximum absolute atomic E-state index is 5.33. The number of hydrogen-bond acceptors (Lipinski definition) is 2. The van der Waals surface area contributed by atoms with Gasteiger partial charge in [0.05, 0.1) is 11.4 Å². The van der Waals surface area contributed by atoms with Crippen molar-refractivity contribution >= 4 is 21.5 Å². The molecule has 0 aliphatic heterocycles. The average Bonchev–Trinajstić information content (AvgIpc) is 3.55. The van der Waals surface area contributed by atoms with Gasteiger partial charge in [0, 0.05) is 22.1 Å². The predicted molar refractivity (Wildman–Crippen MR) is 247 cm³/mol. The molecule has 0 N–H and O–H groups in total. The van der Waals surface area contributed by atoms with Crippen molar-refractivity contribution in [3.63, 3.8) is 0 Å². The maximum Gasteiger partial charge on any atom is 0.160 e. The molecule has 278 valence electrons. The minimum Gasteiger partial charge on any atom is -0.228 e. The first-order valence-corrected chi connectivity index (χ1v) is 20.4. The summed E-state index contributed by atoms with van der Waals surface area (Å²) in [6.45, 7) is 4.77. The van der Waals surface area contributed by atoms with E-state index in [-0.39, 0.29) is 5.41 Å². The Morgan fingerprint density at radius 1 is 0.339 bits per heavy atom. The Kier molecular flexibility index (Phi) is 8.20. The lowest BCUT2D eigenvalue weighted by Crippen LogP contribution is -2.16. The third kappa shape index (κ3) is 5.79. The summed E-state index contributed by atoms with van der Waals surface area (Å²) in [4.78, 5) is 10.6. The van der Waals surface area contributed by atoms with Crippen LogP contribution in [0.4, 0.5) is 0 Å². The van der Waals surface area contributed by atoms with Crippen LogP contribution in [0, 0.1) is 0 Å². The van der Waals surface area contributed by atoms with Crippen LogP contribution in [0.15, 0.2) is 206 Å². The normalized spacial score (nSPS) is 12.7. The predicted octanol–water partition coefficient (Wildman–Crippen LogP) is 15.1. The molecule has 1 heterocycles. The van der Waals surface area contributed by atoms with Gasteiger partial charge in [-0.2, -0.15) is 0 Å². The van der Waals surface area contributed by atoms with Crippen LogP contribution >= 0.6 is 0 Å². The van der Waals surface area contributed by atoms with Crippen molar-refractivity contribution in [2.24, 2.45) is 0 Å². The van der Waals surface area contributed by atoms with Crippen molar-refractivity contribution in [3.8, 4) is 78.4 Å². The standard InChI is InChI=1S/C57H40N2/c1-57(2)51-35-32-39-18-9-10-22-43(39)54(51)50-27-15-26-49(55(50)57)46-33-34-48(45-24-13-12-23-44(45)46)53-36-52(58-56(59-53)41-19-7-4-8-20-41)47-25-14-11-21-42(47)40-30-28-38(29-31-40)37-16-5-3-6-17-37/h3-36H,1-2H3. The summed E-state index contributed by atoms with van der Waals surface area (Å²) in [5.41, 5.74) is 17.4. The summed E-state index contributed by atoms with van der Waals surface area (Å²) in [7, 11) is 0. The Balaban J connectivity index is 1.08. The van der Waals surface area contributed by atoms with Gasteiger partial charge in [0.15, 0.2) is 5.82 Å². The van der Waals surface area contributed by atoms with Crippen molar-refractivity contribution in [2.45, 2.75) is 19.3 Å². The van der Waals surface area contributed by atoms with E-state index in [1.807, 2.05) is 6.07 Å². The molecule has 0 bridgehead atoms. The molecule has 1 aliphatic carbocycles. The SMILES string of the molecule is CC1(C)c2ccc3ccccc3c2-c2cccc(-c3ccc(-c4cc(-c5ccccc5-c5ccc(-c6ccccc6)cc5)nc(-c5ccccc5)n4)c4ccccc34)c21. The molecular weight excluding hydrogens is 713 g/mol. The Morgan fingerprint density at radius 2 is 0.864 bits per heavy atom. The highest BCUT2D eigenvalue weighted by molar-refractivity contribution is 6.09. The van der Waals surface area contributed by atoms with Crippen LogP contribution in [0.2, 0.25) is 0 Å². The van der Waals surface area contributed by atoms with Crippen LogP contribution in [-0.2, 0) is 5.41 Å². The van der Waals surface area contributed by atoms with E-state index >= 15 is 0 Å². The van der Waals surface area contributed by atoms with Gasteiger partial charge in [-0.05, 0) is 83.2 Å². The lowest BCUT2D eigenvalue weighted by atomic mass is 9.78. The van der Waals surface area contributed by atoms with Crippen molar-refractivity contribution in [1.29, 1.82) is 0 Å². The Hall–Kier alpha value is -7.42. The van der Waals surface area contributed by atoms with E-state index in [4.69, 9.17) is 9.97 Å². The number of hydrogen-bond donors (Lipinski definition) is 0. The minimum atomic E-state index is -0.174. The molecule has 2 heteroatoms. The van der Waals surface area contributed by atoms with Crippen LogP contribution in [-0.4, -0.2) is 9.97 Å². The third-order valence-electron chi connectivity index (χ3n) is 12.3. The molecule has 0 spiro atoms. The lowest BCUT2D eigenvalue weighted by molar-refractivity contribution is 0.662. The first-order valence-electron chi connectivity index (χ1n) is 20.4. The van der Waals surface area contributed by atoms with E-state index < -0.39 is 0 Å². The van der Waals surface area contributed by atoms with Crippen LogP contribution in [0.3, 0.4) is 0 Å². The second-order valence-corrected chi connectivity index (χ2v) is 16.1. The van der Waals surface area contributed by atoms with Gasteiger partial charge in [-0.25, -0.2) is 9.97 Å². The molecule has 0 saturated heterocycles. The minimum absolute atomic E-state index is 0.174. The zero-order valence-corrected chi connectivity index (χ0v) is 33.0. The summed E-state index contributed by atoms with van der Waals surface area (Å²) in [6.07, 6.45) is 0. The van der Waals surface area contributed by atoms with E-state index in [1.54, 1.807) is 0 Å². The summed E-state index contributed by atoms with van der Waals surface area (Å²) in [5.74, 6) is 0.702. The van der Waals surface area contributed by atoms with Gasteiger partial charge in [0.1, 0.15) is 0 Å². The molecule has 0 amide bonds. The van der Waals surface area contributed by atoms with E-state index in [2.05, 4.69) is 214 Å². The molecule has 1 aliphatic rings. The Bertz CT molecular complexity index is 3220. The van der Waals surface area contributed by atoms with Crippen molar-refractivity contribution < 1.29 is 0 Å². The molecule has 11 rings (SSSR count). The first-order chi connectivity index (χ1) is 29.0. The fourth-order valence-corrected chi connectivity index (χ4v) is 9.50. The van der Waals surface area contributed by atoms with Gasteiger partial charge in [-0.1, -0.05) is 214 Å². The molecular formula is C57H40N2. The Morgan fingerprint density at radius 3 is 1.61 bits per heavy atom. The average molecular weight is 753 g/mol. The highest BCUT2D eigenvalue weighted by atomic mass is 14.9. The van der Waals surface area contributed by atoms with Gasteiger partial charge in [-0.15, -0.1) is 0 Å². The van der Waals surface area contributed by atoms with Gasteiger partial charge in [0.25, 0.3) is 0 Å². The van der Waals surface area contributed by atoms with Crippen molar-refractivity contribution in [1.82, 2.24) is 9.97 Å².